The van der Waals surface area contributed by atoms with Crippen LogP contribution in [0.1, 0.15) is 12.8 Å². The fourth-order valence-corrected chi connectivity index (χ4v) is 4.32. The summed E-state index contributed by atoms with van der Waals surface area (Å²) >= 11 is 6.03. The lowest BCUT2D eigenvalue weighted by atomic mass is 10.3. The van der Waals surface area contributed by atoms with Gasteiger partial charge < -0.3 is 16.4 Å². The van der Waals surface area contributed by atoms with E-state index in [1.54, 1.807) is 0 Å². The van der Waals surface area contributed by atoms with Gasteiger partial charge in [0.15, 0.2) is 0 Å². The summed E-state index contributed by atoms with van der Waals surface area (Å²) in [5, 5.41) is 4.93. The van der Waals surface area contributed by atoms with Gasteiger partial charge in [-0.3, -0.25) is 9.59 Å². The van der Waals surface area contributed by atoms with Gasteiger partial charge in [0.05, 0.1) is 18.1 Å². The number of nitrogens with one attached hydrogen (secondary N) is 2. The number of carbonyl (C=O) groups excluding carboxylic acids is 2. The Bertz CT molecular complexity index is 732. The zero-order chi connectivity index (χ0) is 17.7. The molecule has 0 unspecified atom stereocenters. The highest BCUT2D eigenvalue weighted by molar-refractivity contribution is 7.89. The van der Waals surface area contributed by atoms with Gasteiger partial charge in [0, 0.05) is 18.8 Å². The summed E-state index contributed by atoms with van der Waals surface area (Å²) in [4.78, 5) is 22.8. The molecule has 1 aliphatic heterocycles. The van der Waals surface area contributed by atoms with Crippen LogP contribution in [0.5, 0.6) is 0 Å². The molecule has 0 saturated carbocycles. The van der Waals surface area contributed by atoms with E-state index in [-0.39, 0.29) is 28.7 Å². The van der Waals surface area contributed by atoms with Crippen LogP contribution in [0.25, 0.3) is 0 Å². The molecule has 0 bridgehead atoms. The third-order valence-corrected chi connectivity index (χ3v) is 5.91. The van der Waals surface area contributed by atoms with Gasteiger partial charge in [-0.05, 0) is 31.0 Å². The van der Waals surface area contributed by atoms with E-state index in [0.29, 0.717) is 13.1 Å². The van der Waals surface area contributed by atoms with Gasteiger partial charge in [0.25, 0.3) is 0 Å². The first-order valence-corrected chi connectivity index (χ1v) is 9.22. The van der Waals surface area contributed by atoms with Crippen molar-refractivity contribution < 1.29 is 18.0 Å². The van der Waals surface area contributed by atoms with Crippen LogP contribution in [0.4, 0.5) is 5.69 Å². The Kier molecular flexibility index (Phi) is 6.16. The van der Waals surface area contributed by atoms with Gasteiger partial charge in [-0.25, -0.2) is 8.42 Å². The Morgan fingerprint density at radius 1 is 1.21 bits per heavy atom. The van der Waals surface area contributed by atoms with E-state index in [0.717, 1.165) is 12.8 Å². The van der Waals surface area contributed by atoms with Crippen LogP contribution in [-0.4, -0.2) is 50.7 Å². The summed E-state index contributed by atoms with van der Waals surface area (Å²) in [6, 6.07) is 4.23. The number of carbonyl (C=O) groups is 2. The highest BCUT2D eigenvalue weighted by Crippen LogP contribution is 2.29. The maximum absolute atomic E-state index is 12.6. The van der Waals surface area contributed by atoms with Gasteiger partial charge in [-0.15, -0.1) is 0 Å². The molecule has 1 aliphatic rings. The zero-order valence-electron chi connectivity index (χ0n) is 12.9. The monoisotopic (exact) mass is 374 g/mol. The minimum Gasteiger partial charge on any atom is -0.346 e. The second-order valence-electron chi connectivity index (χ2n) is 5.29. The maximum Gasteiger partial charge on any atom is 0.244 e. The number of rotatable bonds is 6. The molecule has 1 saturated heterocycles. The van der Waals surface area contributed by atoms with Gasteiger partial charge in [0.2, 0.25) is 21.8 Å². The van der Waals surface area contributed by atoms with E-state index in [2.05, 4.69) is 10.6 Å². The number of halogens is 1. The number of anilines is 1. The molecule has 0 aromatic heterocycles. The number of nitrogens with two attached hydrogens (primary N) is 1. The summed E-state index contributed by atoms with van der Waals surface area (Å²) in [5.74, 6) is -0.956. The number of nitrogens with zero attached hydrogens (tertiary/aromatic N) is 1. The van der Waals surface area contributed by atoms with E-state index < -0.39 is 21.8 Å². The highest BCUT2D eigenvalue weighted by Gasteiger charge is 2.29. The van der Waals surface area contributed by atoms with Crippen molar-refractivity contribution in [2.45, 2.75) is 17.7 Å². The maximum atomic E-state index is 12.6. The van der Waals surface area contributed by atoms with Crippen molar-refractivity contribution in [3.8, 4) is 0 Å². The van der Waals surface area contributed by atoms with Crippen molar-refractivity contribution >= 4 is 39.1 Å². The predicted octanol–water partition coefficient (Wildman–Crippen LogP) is 0.138. The van der Waals surface area contributed by atoms with Crippen LogP contribution in [0.2, 0.25) is 5.02 Å². The number of hydrogen-bond donors (Lipinski definition) is 3. The SMILES string of the molecule is NCC(=O)NCC(=O)Nc1ccc(Cl)c(S(=O)(=O)N2CCCC2)c1. The topological polar surface area (TPSA) is 122 Å². The molecular formula is C14H19ClN4O4S. The Hall–Kier alpha value is -1.68. The molecule has 0 spiro atoms. The highest BCUT2D eigenvalue weighted by atomic mass is 35.5. The first-order chi connectivity index (χ1) is 11.3. The Morgan fingerprint density at radius 2 is 1.88 bits per heavy atom. The molecule has 8 nitrogen and oxygen atoms in total. The third kappa shape index (κ3) is 4.44. The first kappa shape index (κ1) is 18.7. The van der Waals surface area contributed by atoms with E-state index in [9.17, 15) is 18.0 Å². The Labute approximate surface area is 145 Å². The lowest BCUT2D eigenvalue weighted by molar-refractivity contribution is -0.123. The molecule has 1 heterocycles. The van der Waals surface area contributed by atoms with Gasteiger partial charge in [-0.2, -0.15) is 4.31 Å². The van der Waals surface area contributed by atoms with Gasteiger partial charge >= 0.3 is 0 Å². The van der Waals surface area contributed by atoms with Crippen molar-refractivity contribution in [3.05, 3.63) is 23.2 Å². The van der Waals surface area contributed by atoms with E-state index in [1.165, 1.54) is 22.5 Å². The molecule has 4 N–H and O–H groups in total. The second-order valence-corrected chi connectivity index (χ2v) is 7.60. The first-order valence-electron chi connectivity index (χ1n) is 7.41. The molecule has 1 aromatic carbocycles. The van der Waals surface area contributed by atoms with Crippen LogP contribution >= 0.6 is 11.6 Å². The van der Waals surface area contributed by atoms with Crippen molar-refractivity contribution in [3.63, 3.8) is 0 Å². The minimum absolute atomic E-state index is 0.0464. The molecule has 10 heteroatoms. The average Bonchev–Trinajstić information content (AvgIpc) is 3.09. The van der Waals surface area contributed by atoms with Crippen molar-refractivity contribution in [1.82, 2.24) is 9.62 Å². The van der Waals surface area contributed by atoms with Crippen LogP contribution in [0, 0.1) is 0 Å². The molecule has 1 aromatic rings. The largest absolute Gasteiger partial charge is 0.346 e. The average molecular weight is 375 g/mol. The van der Waals surface area contributed by atoms with Crippen molar-refractivity contribution in [1.29, 1.82) is 0 Å². The number of amides is 2. The lowest BCUT2D eigenvalue weighted by Gasteiger charge is -2.17. The predicted molar refractivity (Wildman–Crippen MR) is 90.1 cm³/mol. The zero-order valence-corrected chi connectivity index (χ0v) is 14.5. The van der Waals surface area contributed by atoms with E-state index in [4.69, 9.17) is 17.3 Å². The second kappa shape index (κ2) is 7.93. The van der Waals surface area contributed by atoms with Crippen LogP contribution in [-0.2, 0) is 19.6 Å². The van der Waals surface area contributed by atoms with E-state index in [1.807, 2.05) is 0 Å². The quantitative estimate of drug-likeness (QED) is 0.653. The van der Waals surface area contributed by atoms with Gasteiger partial charge in [-0.1, -0.05) is 11.6 Å². The standard InChI is InChI=1S/C14H19ClN4O4S/c15-11-4-3-10(18-14(21)9-17-13(20)8-16)7-12(11)24(22,23)19-5-1-2-6-19/h3-4,7H,1-2,5-6,8-9,16H2,(H,17,20)(H,18,21). The van der Waals surface area contributed by atoms with E-state index >= 15 is 0 Å². The van der Waals surface area contributed by atoms with Crippen molar-refractivity contribution in [2.24, 2.45) is 5.73 Å². The molecule has 2 amide bonds. The summed E-state index contributed by atoms with van der Waals surface area (Å²) < 4.78 is 26.6. The van der Waals surface area contributed by atoms with Crippen LogP contribution < -0.4 is 16.4 Å². The Balaban J connectivity index is 2.13. The molecular weight excluding hydrogens is 356 g/mol. The summed E-state index contributed by atoms with van der Waals surface area (Å²) in [6.45, 7) is 0.445. The van der Waals surface area contributed by atoms with Crippen LogP contribution in [0.15, 0.2) is 23.1 Å². The molecule has 1 fully saturated rings. The van der Waals surface area contributed by atoms with Crippen molar-refractivity contribution in [2.75, 3.05) is 31.5 Å². The summed E-state index contributed by atoms with van der Waals surface area (Å²) in [6.07, 6.45) is 1.63. The fourth-order valence-electron chi connectivity index (χ4n) is 2.30. The third-order valence-electron chi connectivity index (χ3n) is 3.53. The molecule has 2 rings (SSSR count). The molecule has 0 radical (unpaired) electrons. The minimum atomic E-state index is -3.69. The number of sulfonamides is 1. The molecule has 24 heavy (non-hydrogen) atoms. The number of hydrogen-bond acceptors (Lipinski definition) is 5. The summed E-state index contributed by atoms with van der Waals surface area (Å²) in [5.41, 5.74) is 5.41. The molecule has 132 valence electrons. The molecule has 0 aliphatic carbocycles. The van der Waals surface area contributed by atoms with Gasteiger partial charge in [0.1, 0.15) is 4.90 Å². The lowest BCUT2D eigenvalue weighted by Crippen LogP contribution is -2.36. The Morgan fingerprint density at radius 3 is 2.50 bits per heavy atom. The molecule has 0 atom stereocenters. The normalized spacial score (nSPS) is 15.2. The smallest absolute Gasteiger partial charge is 0.244 e. The fraction of sp³-hybridized carbons (Fsp3) is 0.429. The summed E-state index contributed by atoms with van der Waals surface area (Å²) in [7, 11) is -3.69. The number of benzene rings is 1. The van der Waals surface area contributed by atoms with Crippen LogP contribution in [0.3, 0.4) is 0 Å².